The van der Waals surface area contributed by atoms with Crippen LogP contribution in [-0.2, 0) is 6.42 Å². The molecule has 0 aliphatic heterocycles. The van der Waals surface area contributed by atoms with E-state index in [1.165, 1.54) is 0 Å². The second kappa shape index (κ2) is 5.74. The Hall–Kier alpha value is -3.07. The first-order chi connectivity index (χ1) is 10.7. The van der Waals surface area contributed by atoms with Crippen LogP contribution < -0.4 is 5.43 Å². The Kier molecular flexibility index (Phi) is 3.62. The van der Waals surface area contributed by atoms with Gasteiger partial charge in [0.05, 0.1) is 6.21 Å². The Bertz CT molecular complexity index is 882. The molecule has 0 saturated carbocycles. The molecule has 0 aliphatic rings. The van der Waals surface area contributed by atoms with Crippen LogP contribution in [0.1, 0.15) is 29.8 Å². The predicted molar refractivity (Wildman–Crippen MR) is 84.8 cm³/mol. The van der Waals surface area contributed by atoms with Gasteiger partial charge in [-0.3, -0.25) is 0 Å². The number of anilines is 1. The normalized spacial score (nSPS) is 11.1. The van der Waals surface area contributed by atoms with Gasteiger partial charge in [-0.15, -0.1) is 0 Å². The van der Waals surface area contributed by atoms with Gasteiger partial charge in [0.2, 0.25) is 5.69 Å². The molecule has 3 rings (SSSR count). The van der Waals surface area contributed by atoms with E-state index in [0.29, 0.717) is 12.3 Å². The molecule has 2 N–H and O–H groups in total. The molecule has 0 amide bonds. The highest BCUT2D eigenvalue weighted by Gasteiger charge is 2.11. The molecule has 0 unspecified atom stereocenters. The number of para-hydroxylation sites is 1. The van der Waals surface area contributed by atoms with Crippen LogP contribution in [0.25, 0.3) is 10.9 Å². The molecule has 110 valence electrons. The van der Waals surface area contributed by atoms with Crippen molar-refractivity contribution in [3.63, 3.8) is 0 Å². The third-order valence-corrected chi connectivity index (χ3v) is 3.38. The summed E-state index contributed by atoms with van der Waals surface area (Å²) in [5.41, 5.74) is 6.05. The standard InChI is InChI=1S/C16H15N5O/c1-3-15-20-14(8-17)16(22-15)21-18-9-12-10(2)19-13-7-5-4-6-11(12)13/h4-7,9,19,21H,3H2,1-2H3. The second-order valence-electron chi connectivity index (χ2n) is 4.83. The van der Waals surface area contributed by atoms with Crippen molar-refractivity contribution in [2.24, 2.45) is 5.10 Å². The van der Waals surface area contributed by atoms with Crippen LogP contribution in [0.15, 0.2) is 33.8 Å². The zero-order valence-electron chi connectivity index (χ0n) is 12.3. The molecule has 22 heavy (non-hydrogen) atoms. The summed E-state index contributed by atoms with van der Waals surface area (Å²) < 4.78 is 5.43. The second-order valence-corrected chi connectivity index (χ2v) is 4.83. The Balaban J connectivity index is 1.87. The van der Waals surface area contributed by atoms with Crippen LogP contribution in [0.4, 0.5) is 5.88 Å². The van der Waals surface area contributed by atoms with E-state index in [4.69, 9.17) is 9.68 Å². The van der Waals surface area contributed by atoms with Crippen LogP contribution >= 0.6 is 0 Å². The lowest BCUT2D eigenvalue weighted by Gasteiger charge is -1.95. The lowest BCUT2D eigenvalue weighted by atomic mass is 10.1. The van der Waals surface area contributed by atoms with Crippen molar-refractivity contribution in [3.8, 4) is 6.07 Å². The Morgan fingerprint density at radius 3 is 3.05 bits per heavy atom. The van der Waals surface area contributed by atoms with Gasteiger partial charge < -0.3 is 9.40 Å². The Labute approximate surface area is 127 Å². The van der Waals surface area contributed by atoms with Gasteiger partial charge in [0.15, 0.2) is 5.89 Å². The minimum absolute atomic E-state index is 0.213. The summed E-state index contributed by atoms with van der Waals surface area (Å²) in [7, 11) is 0. The van der Waals surface area contributed by atoms with Gasteiger partial charge in [0, 0.05) is 28.6 Å². The molecule has 0 saturated heterocycles. The van der Waals surface area contributed by atoms with Crippen molar-refractivity contribution in [2.45, 2.75) is 20.3 Å². The van der Waals surface area contributed by atoms with E-state index in [1.54, 1.807) is 6.21 Å². The number of oxazole rings is 1. The fourth-order valence-electron chi connectivity index (χ4n) is 2.29. The number of nitriles is 1. The average Bonchev–Trinajstić information content (AvgIpc) is 3.08. The van der Waals surface area contributed by atoms with E-state index < -0.39 is 0 Å². The molecule has 0 aliphatic carbocycles. The fraction of sp³-hybridized carbons (Fsp3) is 0.188. The summed E-state index contributed by atoms with van der Waals surface area (Å²) >= 11 is 0. The van der Waals surface area contributed by atoms with Gasteiger partial charge in [-0.1, -0.05) is 25.1 Å². The quantitative estimate of drug-likeness (QED) is 0.570. The number of aryl methyl sites for hydroxylation is 2. The first-order valence-corrected chi connectivity index (χ1v) is 6.99. The molecule has 2 aromatic heterocycles. The molecule has 2 heterocycles. The summed E-state index contributed by atoms with van der Waals surface area (Å²) in [6.07, 6.45) is 2.34. The summed E-state index contributed by atoms with van der Waals surface area (Å²) in [6.45, 7) is 3.90. The smallest absolute Gasteiger partial charge is 0.252 e. The number of hydrazone groups is 1. The Morgan fingerprint density at radius 1 is 1.45 bits per heavy atom. The van der Waals surface area contributed by atoms with Crippen LogP contribution in [0.3, 0.4) is 0 Å². The van der Waals surface area contributed by atoms with Crippen molar-refractivity contribution in [3.05, 3.63) is 47.1 Å². The minimum Gasteiger partial charge on any atom is -0.422 e. The van der Waals surface area contributed by atoms with Crippen LogP contribution in [-0.4, -0.2) is 16.2 Å². The number of aromatic amines is 1. The van der Waals surface area contributed by atoms with Gasteiger partial charge in [0.1, 0.15) is 6.07 Å². The summed E-state index contributed by atoms with van der Waals surface area (Å²) in [6, 6.07) is 10.0. The van der Waals surface area contributed by atoms with Crippen molar-refractivity contribution in [1.29, 1.82) is 5.26 Å². The topological polar surface area (TPSA) is 90.0 Å². The van der Waals surface area contributed by atoms with Crippen molar-refractivity contribution < 1.29 is 4.42 Å². The molecule has 6 heteroatoms. The van der Waals surface area contributed by atoms with E-state index in [1.807, 2.05) is 44.2 Å². The van der Waals surface area contributed by atoms with Crippen molar-refractivity contribution in [1.82, 2.24) is 9.97 Å². The van der Waals surface area contributed by atoms with Gasteiger partial charge in [0.25, 0.3) is 5.88 Å². The van der Waals surface area contributed by atoms with E-state index in [0.717, 1.165) is 22.2 Å². The number of nitrogens with one attached hydrogen (secondary N) is 2. The first kappa shape index (κ1) is 13.9. The highest BCUT2D eigenvalue weighted by Crippen LogP contribution is 2.20. The molecule has 3 aromatic rings. The summed E-state index contributed by atoms with van der Waals surface area (Å²) in [4.78, 5) is 7.36. The van der Waals surface area contributed by atoms with Crippen molar-refractivity contribution >= 4 is 23.0 Å². The molecule has 0 fully saturated rings. The summed E-state index contributed by atoms with van der Waals surface area (Å²) in [5.74, 6) is 0.783. The van der Waals surface area contributed by atoms with E-state index >= 15 is 0 Å². The predicted octanol–water partition coefficient (Wildman–Crippen LogP) is 3.34. The van der Waals surface area contributed by atoms with E-state index in [2.05, 4.69) is 20.5 Å². The third-order valence-electron chi connectivity index (χ3n) is 3.38. The average molecular weight is 293 g/mol. The fourth-order valence-corrected chi connectivity index (χ4v) is 2.29. The number of fused-ring (bicyclic) bond motifs is 1. The maximum Gasteiger partial charge on any atom is 0.252 e. The lowest BCUT2D eigenvalue weighted by Crippen LogP contribution is -1.92. The Morgan fingerprint density at radius 2 is 2.27 bits per heavy atom. The van der Waals surface area contributed by atoms with Crippen LogP contribution in [0, 0.1) is 18.3 Å². The zero-order chi connectivity index (χ0) is 15.5. The van der Waals surface area contributed by atoms with Crippen LogP contribution in [0.2, 0.25) is 0 Å². The maximum atomic E-state index is 9.03. The number of aromatic nitrogens is 2. The number of hydrogen-bond donors (Lipinski definition) is 2. The monoisotopic (exact) mass is 293 g/mol. The van der Waals surface area contributed by atoms with Crippen LogP contribution in [0.5, 0.6) is 0 Å². The SMILES string of the molecule is CCc1nc(C#N)c(NN=Cc2c(C)[nH]c3ccccc23)o1. The molecule has 0 bridgehead atoms. The number of hydrogen-bond acceptors (Lipinski definition) is 5. The number of benzene rings is 1. The molecular weight excluding hydrogens is 278 g/mol. The molecular formula is C16H15N5O. The van der Waals surface area contributed by atoms with E-state index in [-0.39, 0.29) is 11.6 Å². The zero-order valence-corrected chi connectivity index (χ0v) is 12.3. The molecule has 0 radical (unpaired) electrons. The largest absolute Gasteiger partial charge is 0.422 e. The highest BCUT2D eigenvalue weighted by atomic mass is 16.4. The van der Waals surface area contributed by atoms with Crippen molar-refractivity contribution in [2.75, 3.05) is 5.43 Å². The van der Waals surface area contributed by atoms with Gasteiger partial charge in [-0.25, -0.2) is 10.4 Å². The molecule has 0 spiro atoms. The van der Waals surface area contributed by atoms with Gasteiger partial charge in [-0.05, 0) is 13.0 Å². The maximum absolute atomic E-state index is 9.03. The van der Waals surface area contributed by atoms with Gasteiger partial charge in [-0.2, -0.15) is 10.4 Å². The van der Waals surface area contributed by atoms with Gasteiger partial charge >= 0.3 is 0 Å². The number of nitrogens with zero attached hydrogens (tertiary/aromatic N) is 3. The number of rotatable bonds is 4. The van der Waals surface area contributed by atoms with E-state index in [9.17, 15) is 0 Å². The summed E-state index contributed by atoms with van der Waals surface area (Å²) in [5, 5.41) is 14.3. The lowest BCUT2D eigenvalue weighted by molar-refractivity contribution is 0.513. The molecule has 6 nitrogen and oxygen atoms in total. The molecule has 0 atom stereocenters. The number of H-pyrrole nitrogens is 1. The third kappa shape index (κ3) is 2.44. The highest BCUT2D eigenvalue weighted by molar-refractivity contribution is 6.00. The molecule has 1 aromatic carbocycles. The minimum atomic E-state index is 0.213. The first-order valence-electron chi connectivity index (χ1n) is 6.99.